The van der Waals surface area contributed by atoms with Crippen LogP contribution in [0.25, 0.3) is 23.0 Å². The molecule has 0 atom stereocenters. The third kappa shape index (κ3) is 6.46. The number of ether oxygens (including phenoxy) is 2. The van der Waals surface area contributed by atoms with Crippen LogP contribution in [0.5, 0.6) is 0 Å². The Labute approximate surface area is 295 Å². The predicted molar refractivity (Wildman–Crippen MR) is 181 cm³/mol. The minimum Gasteiger partial charge on any atom is -0.345 e. The number of hydrogen-bond acceptors (Lipinski definition) is 13. The van der Waals surface area contributed by atoms with Crippen LogP contribution in [0.1, 0.15) is 73.1 Å². The van der Waals surface area contributed by atoms with Gasteiger partial charge in [-0.3, -0.25) is 14.8 Å². The molecule has 2 aliphatic carbocycles. The van der Waals surface area contributed by atoms with E-state index in [1.807, 2.05) is 0 Å². The highest BCUT2D eigenvalue weighted by molar-refractivity contribution is 7.91. The normalized spacial score (nSPS) is 17.5. The Morgan fingerprint density at radius 1 is 0.765 bits per heavy atom. The average molecular weight is 733 g/mol. The fourth-order valence-electron chi connectivity index (χ4n) is 5.86. The Balaban J connectivity index is 0.000000177. The lowest BCUT2D eigenvalue weighted by molar-refractivity contribution is -0.0491. The van der Waals surface area contributed by atoms with Gasteiger partial charge in [0.25, 0.3) is 0 Å². The number of sulfone groups is 2. The van der Waals surface area contributed by atoms with Crippen molar-refractivity contribution in [2.45, 2.75) is 66.4 Å². The van der Waals surface area contributed by atoms with Crippen LogP contribution in [0.2, 0.25) is 0 Å². The summed E-state index contributed by atoms with van der Waals surface area (Å²) in [6.07, 6.45) is 9.09. The van der Waals surface area contributed by atoms with E-state index in [1.54, 1.807) is 51.0 Å². The number of pyridine rings is 2. The summed E-state index contributed by atoms with van der Waals surface area (Å²) in [7, 11) is -3.72. The van der Waals surface area contributed by atoms with E-state index >= 15 is 0 Å². The molecule has 4 aromatic heterocycles. The van der Waals surface area contributed by atoms with Crippen molar-refractivity contribution in [2.75, 3.05) is 24.7 Å². The zero-order valence-corrected chi connectivity index (χ0v) is 30.2. The molecular formula is C34H36N8O7S2. The number of rotatable bonds is 10. The van der Waals surface area contributed by atoms with E-state index in [1.165, 1.54) is 23.0 Å². The number of aromatic nitrogens is 6. The Morgan fingerprint density at radius 2 is 1.22 bits per heavy atom. The molecule has 17 heteroatoms. The molecule has 0 aromatic carbocycles. The van der Waals surface area contributed by atoms with Crippen LogP contribution in [-0.2, 0) is 54.1 Å². The van der Waals surface area contributed by atoms with Crippen molar-refractivity contribution in [3.63, 3.8) is 0 Å². The largest absolute Gasteiger partial charge is 0.345 e. The SMILES string of the molecule is CCS(=O)(=O)c1cc(C2(C#N)CC2)cnc1-c1ncc(C2OCCO2)n1C.CCS(=O)(=O)c1cc(C2(C#N)CC2)cnc1-c1ncc(C=O)n1C. The van der Waals surface area contributed by atoms with Crippen molar-refractivity contribution in [1.82, 2.24) is 29.1 Å². The van der Waals surface area contributed by atoms with E-state index < -0.39 is 36.8 Å². The van der Waals surface area contributed by atoms with Gasteiger partial charge in [-0.1, -0.05) is 13.8 Å². The smallest absolute Gasteiger partial charge is 0.200 e. The van der Waals surface area contributed by atoms with Crippen LogP contribution in [0, 0.1) is 22.7 Å². The van der Waals surface area contributed by atoms with Crippen LogP contribution < -0.4 is 0 Å². The second kappa shape index (κ2) is 13.4. The van der Waals surface area contributed by atoms with Crippen molar-refractivity contribution < 1.29 is 31.1 Å². The lowest BCUT2D eigenvalue weighted by atomic mass is 9.99. The second-order valence-corrected chi connectivity index (χ2v) is 17.2. The van der Waals surface area contributed by atoms with Gasteiger partial charge in [-0.15, -0.1) is 0 Å². The summed E-state index contributed by atoms with van der Waals surface area (Å²) in [5.74, 6) is 0.578. The number of imidazole rings is 2. The number of carbonyl (C=O) groups is 1. The lowest BCUT2D eigenvalue weighted by Crippen LogP contribution is -2.13. The first-order valence-corrected chi connectivity index (χ1v) is 19.6. The minimum absolute atomic E-state index is 0.0511. The summed E-state index contributed by atoms with van der Waals surface area (Å²) in [5, 5.41) is 18.8. The molecule has 266 valence electrons. The minimum atomic E-state index is -3.57. The van der Waals surface area contributed by atoms with Crippen molar-refractivity contribution in [3.8, 4) is 35.2 Å². The van der Waals surface area contributed by atoms with E-state index in [4.69, 9.17) is 9.47 Å². The Morgan fingerprint density at radius 3 is 1.61 bits per heavy atom. The highest BCUT2D eigenvalue weighted by Crippen LogP contribution is 2.49. The fourth-order valence-corrected chi connectivity index (χ4v) is 7.97. The second-order valence-electron chi connectivity index (χ2n) is 12.7. The van der Waals surface area contributed by atoms with Crippen molar-refractivity contribution in [3.05, 3.63) is 59.4 Å². The summed E-state index contributed by atoms with van der Waals surface area (Å²) < 4.78 is 64.9. The maximum atomic E-state index is 12.7. The molecule has 3 fully saturated rings. The van der Waals surface area contributed by atoms with Gasteiger partial charge in [0.2, 0.25) is 6.29 Å². The zero-order valence-electron chi connectivity index (χ0n) is 28.5. The van der Waals surface area contributed by atoms with Gasteiger partial charge in [0.15, 0.2) is 37.6 Å². The molecule has 0 radical (unpaired) electrons. The van der Waals surface area contributed by atoms with Crippen LogP contribution >= 0.6 is 0 Å². The van der Waals surface area contributed by atoms with Gasteiger partial charge in [-0.25, -0.2) is 26.8 Å². The van der Waals surface area contributed by atoms with Gasteiger partial charge in [-0.2, -0.15) is 10.5 Å². The molecule has 7 rings (SSSR count). The number of nitrogens with zero attached hydrogens (tertiary/aromatic N) is 8. The summed E-state index contributed by atoms with van der Waals surface area (Å²) in [4.78, 5) is 28.4. The number of nitriles is 2. The Kier molecular flexibility index (Phi) is 9.45. The van der Waals surface area contributed by atoms with Crippen molar-refractivity contribution in [1.29, 1.82) is 10.5 Å². The van der Waals surface area contributed by atoms with Crippen LogP contribution in [0.15, 0.2) is 46.7 Å². The first kappa shape index (κ1) is 36.0. The van der Waals surface area contributed by atoms with E-state index in [2.05, 4.69) is 32.1 Å². The summed E-state index contributed by atoms with van der Waals surface area (Å²) >= 11 is 0. The van der Waals surface area contributed by atoms with Crippen molar-refractivity contribution in [2.24, 2.45) is 14.1 Å². The fraction of sp³-hybridized carbons (Fsp3) is 0.441. The Hall–Kier alpha value is -4.81. The molecule has 0 bridgehead atoms. The monoisotopic (exact) mass is 732 g/mol. The van der Waals surface area contributed by atoms with Crippen LogP contribution in [-0.4, -0.2) is 76.9 Å². The summed E-state index contributed by atoms with van der Waals surface area (Å²) in [5.41, 5.74) is 1.53. The molecule has 15 nitrogen and oxygen atoms in total. The molecule has 5 heterocycles. The van der Waals surface area contributed by atoms with E-state index in [0.29, 0.717) is 66.5 Å². The van der Waals surface area contributed by atoms with E-state index in [9.17, 15) is 32.2 Å². The van der Waals surface area contributed by atoms with Crippen molar-refractivity contribution >= 4 is 26.0 Å². The average Bonchev–Trinajstić information content (AvgIpc) is 3.97. The number of hydrogen-bond donors (Lipinski definition) is 0. The van der Waals surface area contributed by atoms with Crippen LogP contribution in [0.3, 0.4) is 0 Å². The molecule has 2 saturated carbocycles. The lowest BCUT2D eigenvalue weighted by Gasteiger charge is -2.14. The van der Waals surface area contributed by atoms with Gasteiger partial charge < -0.3 is 18.6 Å². The summed E-state index contributed by atoms with van der Waals surface area (Å²) in [6.45, 7) is 4.15. The molecule has 0 spiro atoms. The van der Waals surface area contributed by atoms with Gasteiger partial charge in [0, 0.05) is 26.5 Å². The van der Waals surface area contributed by atoms with E-state index in [-0.39, 0.29) is 32.7 Å². The summed E-state index contributed by atoms with van der Waals surface area (Å²) in [6, 6.07) is 7.66. The highest BCUT2D eigenvalue weighted by Gasteiger charge is 2.47. The number of aldehydes is 1. The van der Waals surface area contributed by atoms with Gasteiger partial charge in [0.05, 0.1) is 75.6 Å². The Bertz CT molecular complexity index is 2320. The molecule has 0 amide bonds. The third-order valence-corrected chi connectivity index (χ3v) is 13.1. The molecular weight excluding hydrogens is 697 g/mol. The van der Waals surface area contributed by atoms with E-state index in [0.717, 1.165) is 12.8 Å². The molecule has 51 heavy (non-hydrogen) atoms. The topological polar surface area (TPSA) is 213 Å². The van der Waals surface area contributed by atoms with Gasteiger partial charge in [0.1, 0.15) is 17.1 Å². The first-order valence-electron chi connectivity index (χ1n) is 16.3. The predicted octanol–water partition coefficient (Wildman–Crippen LogP) is 3.52. The molecule has 1 aliphatic heterocycles. The zero-order chi connectivity index (χ0) is 36.8. The van der Waals surface area contributed by atoms with Gasteiger partial charge >= 0.3 is 0 Å². The van der Waals surface area contributed by atoms with Crippen LogP contribution in [0.4, 0.5) is 0 Å². The third-order valence-electron chi connectivity index (χ3n) is 9.62. The number of carbonyl (C=O) groups excluding carboxylic acids is 1. The molecule has 4 aromatic rings. The van der Waals surface area contributed by atoms with Gasteiger partial charge in [-0.05, 0) is 48.9 Å². The maximum absolute atomic E-state index is 12.7. The highest BCUT2D eigenvalue weighted by atomic mass is 32.2. The molecule has 0 N–H and O–H groups in total. The molecule has 0 unspecified atom stereocenters. The first-order chi connectivity index (χ1) is 24.3. The molecule has 1 saturated heterocycles. The maximum Gasteiger partial charge on any atom is 0.200 e. The standard InChI is InChI=1S/C18H20N4O4S.C16H16N4O3S/c1-3-27(23,24)14-8-12(18(11-19)4-5-18)9-20-15(14)16-21-10-13(22(16)2)17-25-6-7-26-17;1-3-24(22,23)13-6-11(16(10-17)4-5-16)7-18-14(13)15-19-8-12(9-21)20(15)2/h8-10,17H,3-7H2,1-2H3;6-9H,3-5H2,1-2H3. The quantitative estimate of drug-likeness (QED) is 0.214. The molecule has 3 aliphatic rings.